The van der Waals surface area contributed by atoms with E-state index in [-0.39, 0.29) is 5.60 Å². The van der Waals surface area contributed by atoms with E-state index in [1.165, 1.54) is 5.56 Å². The summed E-state index contributed by atoms with van der Waals surface area (Å²) in [5.74, 6) is 3.55. The topological polar surface area (TPSA) is 9.23 Å². The monoisotopic (exact) mass is 202 g/mol. The van der Waals surface area contributed by atoms with Crippen LogP contribution in [0.3, 0.4) is 0 Å². The first-order valence-electron chi connectivity index (χ1n) is 5.23. The lowest BCUT2D eigenvalue weighted by molar-refractivity contribution is 0.131. The Morgan fingerprint density at radius 2 is 1.80 bits per heavy atom. The largest absolute Gasteiger partial charge is 0.488 e. The van der Waals surface area contributed by atoms with E-state index in [1.54, 1.807) is 0 Å². The Bertz CT molecular complexity index is 335. The summed E-state index contributed by atoms with van der Waals surface area (Å²) in [6.45, 7) is 6.12. The van der Waals surface area contributed by atoms with Crippen molar-refractivity contribution in [3.63, 3.8) is 0 Å². The Labute approximate surface area is 92.5 Å². The standard InChI is InChI=1S/C14H18O/c1-5-6-7-12-8-10-13(11-9-12)15-14(2,3)4/h1,8-11H,6-7H2,2-4H3. The third-order valence-corrected chi connectivity index (χ3v) is 1.91. The lowest BCUT2D eigenvalue weighted by atomic mass is 10.1. The number of ether oxygens (including phenoxy) is 1. The normalized spacial score (nSPS) is 10.8. The van der Waals surface area contributed by atoms with Gasteiger partial charge < -0.3 is 4.74 Å². The molecule has 1 aromatic rings. The van der Waals surface area contributed by atoms with Crippen LogP contribution in [0.5, 0.6) is 5.75 Å². The van der Waals surface area contributed by atoms with E-state index in [0.29, 0.717) is 0 Å². The molecule has 0 spiro atoms. The second-order valence-corrected chi connectivity index (χ2v) is 4.56. The highest BCUT2D eigenvalue weighted by atomic mass is 16.5. The first kappa shape index (κ1) is 11.7. The molecule has 0 fully saturated rings. The summed E-state index contributed by atoms with van der Waals surface area (Å²) in [5, 5.41) is 0. The van der Waals surface area contributed by atoms with Gasteiger partial charge in [0.2, 0.25) is 0 Å². The van der Waals surface area contributed by atoms with Crippen LogP contribution in [0.2, 0.25) is 0 Å². The number of hydrogen-bond acceptors (Lipinski definition) is 1. The molecule has 0 N–H and O–H groups in total. The molecule has 0 radical (unpaired) electrons. The van der Waals surface area contributed by atoms with Crippen molar-refractivity contribution >= 4 is 0 Å². The van der Waals surface area contributed by atoms with Gasteiger partial charge in [-0.1, -0.05) is 12.1 Å². The van der Waals surface area contributed by atoms with Crippen molar-refractivity contribution in [2.45, 2.75) is 39.2 Å². The van der Waals surface area contributed by atoms with Crippen LogP contribution in [0.1, 0.15) is 32.8 Å². The van der Waals surface area contributed by atoms with Crippen molar-refractivity contribution in [1.29, 1.82) is 0 Å². The summed E-state index contributed by atoms with van der Waals surface area (Å²) < 4.78 is 5.72. The molecule has 0 aromatic heterocycles. The smallest absolute Gasteiger partial charge is 0.120 e. The zero-order valence-electron chi connectivity index (χ0n) is 9.71. The fourth-order valence-electron chi connectivity index (χ4n) is 1.29. The molecule has 15 heavy (non-hydrogen) atoms. The maximum atomic E-state index is 5.72. The van der Waals surface area contributed by atoms with Crippen molar-refractivity contribution in [3.8, 4) is 18.1 Å². The maximum Gasteiger partial charge on any atom is 0.120 e. The summed E-state index contributed by atoms with van der Waals surface area (Å²) in [6.07, 6.45) is 6.94. The second kappa shape index (κ2) is 4.89. The lowest BCUT2D eigenvalue weighted by Crippen LogP contribution is -2.22. The summed E-state index contributed by atoms with van der Waals surface area (Å²) in [4.78, 5) is 0. The van der Waals surface area contributed by atoms with E-state index in [4.69, 9.17) is 11.2 Å². The number of rotatable bonds is 3. The van der Waals surface area contributed by atoms with Gasteiger partial charge in [0.15, 0.2) is 0 Å². The summed E-state index contributed by atoms with van der Waals surface area (Å²) in [5.41, 5.74) is 1.12. The maximum absolute atomic E-state index is 5.72. The Kier molecular flexibility index (Phi) is 3.80. The fraction of sp³-hybridized carbons (Fsp3) is 0.429. The van der Waals surface area contributed by atoms with Crippen LogP contribution in [0.4, 0.5) is 0 Å². The number of benzene rings is 1. The average molecular weight is 202 g/mol. The van der Waals surface area contributed by atoms with Crippen molar-refractivity contribution in [2.24, 2.45) is 0 Å². The van der Waals surface area contributed by atoms with Gasteiger partial charge in [0.25, 0.3) is 0 Å². The van der Waals surface area contributed by atoms with Gasteiger partial charge in [-0.3, -0.25) is 0 Å². The van der Waals surface area contributed by atoms with E-state index in [9.17, 15) is 0 Å². The molecule has 1 aromatic carbocycles. The van der Waals surface area contributed by atoms with Crippen molar-refractivity contribution in [1.82, 2.24) is 0 Å². The van der Waals surface area contributed by atoms with Crippen LogP contribution >= 0.6 is 0 Å². The Hall–Kier alpha value is -1.42. The third kappa shape index (κ3) is 4.56. The molecule has 0 aliphatic carbocycles. The molecule has 0 unspecified atom stereocenters. The van der Waals surface area contributed by atoms with E-state index in [0.717, 1.165) is 18.6 Å². The minimum atomic E-state index is -0.139. The van der Waals surface area contributed by atoms with Gasteiger partial charge in [-0.25, -0.2) is 0 Å². The lowest BCUT2D eigenvalue weighted by Gasteiger charge is -2.21. The molecule has 0 atom stereocenters. The minimum absolute atomic E-state index is 0.139. The molecule has 0 aliphatic rings. The van der Waals surface area contributed by atoms with Gasteiger partial charge in [-0.2, -0.15) is 0 Å². The van der Waals surface area contributed by atoms with Crippen molar-refractivity contribution < 1.29 is 4.74 Å². The van der Waals surface area contributed by atoms with E-state index in [1.807, 2.05) is 32.9 Å². The van der Waals surface area contributed by atoms with Crippen LogP contribution in [-0.2, 0) is 6.42 Å². The average Bonchev–Trinajstić information content (AvgIpc) is 2.14. The Morgan fingerprint density at radius 1 is 1.20 bits per heavy atom. The fourth-order valence-corrected chi connectivity index (χ4v) is 1.29. The van der Waals surface area contributed by atoms with E-state index in [2.05, 4.69) is 18.1 Å². The predicted octanol–water partition coefficient (Wildman–Crippen LogP) is 3.43. The van der Waals surface area contributed by atoms with Gasteiger partial charge in [0.05, 0.1) is 0 Å². The molecule has 1 rings (SSSR count). The predicted molar refractivity (Wildman–Crippen MR) is 64.0 cm³/mol. The molecule has 0 aliphatic heterocycles. The van der Waals surface area contributed by atoms with Crippen LogP contribution in [0.25, 0.3) is 0 Å². The van der Waals surface area contributed by atoms with Crippen LogP contribution in [0, 0.1) is 12.3 Å². The summed E-state index contributed by atoms with van der Waals surface area (Å²) in [7, 11) is 0. The van der Waals surface area contributed by atoms with Crippen molar-refractivity contribution in [3.05, 3.63) is 29.8 Å². The van der Waals surface area contributed by atoms with Crippen LogP contribution in [-0.4, -0.2) is 5.60 Å². The van der Waals surface area contributed by atoms with Gasteiger partial charge >= 0.3 is 0 Å². The van der Waals surface area contributed by atoms with Crippen LogP contribution in [0.15, 0.2) is 24.3 Å². The van der Waals surface area contributed by atoms with Gasteiger partial charge in [-0.15, -0.1) is 12.3 Å². The zero-order valence-corrected chi connectivity index (χ0v) is 9.71. The molecular formula is C14H18O. The highest BCUT2D eigenvalue weighted by Gasteiger charge is 2.10. The highest BCUT2D eigenvalue weighted by molar-refractivity contribution is 5.28. The Balaban J connectivity index is 2.61. The molecule has 0 saturated heterocycles. The number of aryl methyl sites for hydroxylation is 1. The van der Waals surface area contributed by atoms with Crippen molar-refractivity contribution in [2.75, 3.05) is 0 Å². The first-order chi connectivity index (χ1) is 7.01. The van der Waals surface area contributed by atoms with Gasteiger partial charge in [0.1, 0.15) is 11.4 Å². The summed E-state index contributed by atoms with van der Waals surface area (Å²) >= 11 is 0. The number of terminal acetylenes is 1. The zero-order chi connectivity index (χ0) is 11.3. The van der Waals surface area contributed by atoms with E-state index >= 15 is 0 Å². The summed E-state index contributed by atoms with van der Waals surface area (Å²) in [6, 6.07) is 8.13. The SMILES string of the molecule is C#CCCc1ccc(OC(C)(C)C)cc1. The number of hydrogen-bond donors (Lipinski definition) is 0. The Morgan fingerprint density at radius 3 is 2.27 bits per heavy atom. The molecule has 1 heteroatoms. The first-order valence-corrected chi connectivity index (χ1v) is 5.23. The molecule has 80 valence electrons. The van der Waals surface area contributed by atoms with Gasteiger partial charge in [-0.05, 0) is 44.9 Å². The third-order valence-electron chi connectivity index (χ3n) is 1.91. The molecule has 0 heterocycles. The minimum Gasteiger partial charge on any atom is -0.488 e. The molecule has 0 saturated carbocycles. The molecular weight excluding hydrogens is 184 g/mol. The highest BCUT2D eigenvalue weighted by Crippen LogP contribution is 2.18. The van der Waals surface area contributed by atoms with Gasteiger partial charge in [0, 0.05) is 6.42 Å². The van der Waals surface area contributed by atoms with E-state index < -0.39 is 0 Å². The quantitative estimate of drug-likeness (QED) is 0.682. The molecule has 0 amide bonds. The second-order valence-electron chi connectivity index (χ2n) is 4.56. The molecule has 0 bridgehead atoms. The van der Waals surface area contributed by atoms with Crippen LogP contribution < -0.4 is 4.74 Å². The molecule has 1 nitrogen and oxygen atoms in total.